The van der Waals surface area contributed by atoms with Crippen LogP contribution in [-0.4, -0.2) is 23.4 Å². The molecule has 5 nitrogen and oxygen atoms in total. The van der Waals surface area contributed by atoms with Crippen molar-refractivity contribution in [1.82, 2.24) is 0 Å². The quantitative estimate of drug-likeness (QED) is 0.732. The highest BCUT2D eigenvalue weighted by Crippen LogP contribution is 2.50. The van der Waals surface area contributed by atoms with Crippen LogP contribution in [0, 0.1) is 30.6 Å². The first kappa shape index (κ1) is 13.4. The molecule has 0 aromatic heterocycles. The molecule has 112 valence electrons. The summed E-state index contributed by atoms with van der Waals surface area (Å²) in [5.74, 6) is -3.22. The smallest absolute Gasteiger partial charge is 0.238 e. The highest BCUT2D eigenvalue weighted by molar-refractivity contribution is 6.25. The van der Waals surface area contributed by atoms with Crippen LogP contribution in [0.1, 0.15) is 18.4 Å². The van der Waals surface area contributed by atoms with E-state index in [9.17, 15) is 19.2 Å². The fourth-order valence-electron chi connectivity index (χ4n) is 4.13. The normalized spacial score (nSPS) is 33.6. The first-order chi connectivity index (χ1) is 10.5. The van der Waals surface area contributed by atoms with Gasteiger partial charge in [-0.05, 0) is 19.1 Å². The molecule has 3 saturated carbocycles. The molecule has 5 heteroatoms. The molecular formula is C17H15NO4. The van der Waals surface area contributed by atoms with E-state index in [1.54, 1.807) is 12.1 Å². The molecule has 3 aliphatic carbocycles. The van der Waals surface area contributed by atoms with Gasteiger partial charge in [0.15, 0.2) is 0 Å². The van der Waals surface area contributed by atoms with Crippen LogP contribution >= 0.6 is 0 Å². The third kappa shape index (κ3) is 1.59. The van der Waals surface area contributed by atoms with Crippen LogP contribution in [0.5, 0.6) is 0 Å². The molecule has 0 spiro atoms. The summed E-state index contributed by atoms with van der Waals surface area (Å²) in [6.07, 6.45) is 0.233. The Morgan fingerprint density at radius 1 is 0.818 bits per heavy atom. The molecule has 0 radical (unpaired) electrons. The van der Waals surface area contributed by atoms with E-state index in [-0.39, 0.29) is 36.2 Å². The number of nitrogens with zero attached hydrogens (tertiary/aromatic N) is 1. The summed E-state index contributed by atoms with van der Waals surface area (Å²) in [7, 11) is 0. The van der Waals surface area contributed by atoms with Crippen LogP contribution in [0.15, 0.2) is 24.3 Å². The Morgan fingerprint density at radius 3 is 1.73 bits per heavy atom. The van der Waals surface area contributed by atoms with Crippen LogP contribution < -0.4 is 4.90 Å². The lowest BCUT2D eigenvalue weighted by Gasteiger charge is -2.40. The number of hydrogen-bond donors (Lipinski definition) is 0. The molecule has 1 aliphatic heterocycles. The van der Waals surface area contributed by atoms with E-state index in [1.807, 2.05) is 19.1 Å². The minimum absolute atomic E-state index is 0.0437. The highest BCUT2D eigenvalue weighted by atomic mass is 16.2. The van der Waals surface area contributed by atoms with E-state index in [2.05, 4.69) is 0 Å². The van der Waals surface area contributed by atoms with Crippen molar-refractivity contribution in [3.63, 3.8) is 0 Å². The number of hydrogen-bond acceptors (Lipinski definition) is 4. The predicted molar refractivity (Wildman–Crippen MR) is 76.9 cm³/mol. The molecule has 1 heterocycles. The number of carbonyl (C=O) groups is 4. The van der Waals surface area contributed by atoms with Gasteiger partial charge in [0.25, 0.3) is 0 Å². The van der Waals surface area contributed by atoms with E-state index in [1.165, 1.54) is 4.90 Å². The predicted octanol–water partition coefficient (Wildman–Crippen LogP) is 1.28. The zero-order valence-electron chi connectivity index (χ0n) is 12.1. The van der Waals surface area contributed by atoms with Crippen molar-refractivity contribution in [3.8, 4) is 0 Å². The topological polar surface area (TPSA) is 71.5 Å². The number of imide groups is 1. The summed E-state index contributed by atoms with van der Waals surface area (Å²) in [5.41, 5.74) is 1.56. The van der Waals surface area contributed by atoms with Crippen LogP contribution in [0.25, 0.3) is 0 Å². The Kier molecular flexibility index (Phi) is 2.64. The standard InChI is InChI=1S/C17H15NO4/c1-8-2-4-9(5-3-8)18-16(21)14-10-6-12(19)11(7-13(10)20)15(14)17(18)22/h2-5,10-11,14-15H,6-7H2,1H3/t10-,11+,14-,15+. The molecule has 1 aromatic rings. The fraction of sp³-hybridized carbons (Fsp3) is 0.412. The summed E-state index contributed by atoms with van der Waals surface area (Å²) in [5, 5.41) is 0. The van der Waals surface area contributed by atoms with Gasteiger partial charge in [0.05, 0.1) is 17.5 Å². The average Bonchev–Trinajstić information content (AvgIpc) is 2.75. The van der Waals surface area contributed by atoms with E-state index >= 15 is 0 Å². The maximum absolute atomic E-state index is 12.7. The minimum atomic E-state index is -0.641. The lowest BCUT2D eigenvalue weighted by molar-refractivity contribution is -0.153. The largest absolute Gasteiger partial charge is 0.299 e. The van der Waals surface area contributed by atoms with Gasteiger partial charge < -0.3 is 0 Å². The molecule has 4 aliphatic rings. The van der Waals surface area contributed by atoms with Gasteiger partial charge in [-0.2, -0.15) is 0 Å². The first-order valence-corrected chi connectivity index (χ1v) is 7.49. The van der Waals surface area contributed by atoms with Crippen molar-refractivity contribution in [1.29, 1.82) is 0 Å². The van der Waals surface area contributed by atoms with E-state index in [0.29, 0.717) is 5.69 Å². The van der Waals surface area contributed by atoms with Crippen LogP contribution in [0.2, 0.25) is 0 Å². The highest BCUT2D eigenvalue weighted by Gasteiger charge is 2.63. The average molecular weight is 297 g/mol. The first-order valence-electron chi connectivity index (χ1n) is 7.49. The summed E-state index contributed by atoms with van der Waals surface area (Å²) in [4.78, 5) is 50.7. The maximum Gasteiger partial charge on any atom is 0.238 e. The Bertz CT molecular complexity index is 681. The van der Waals surface area contributed by atoms with Gasteiger partial charge in [0.1, 0.15) is 11.6 Å². The molecule has 5 rings (SSSR count). The van der Waals surface area contributed by atoms with Crippen molar-refractivity contribution in [2.45, 2.75) is 19.8 Å². The van der Waals surface area contributed by atoms with Gasteiger partial charge in [-0.25, -0.2) is 0 Å². The number of carbonyl (C=O) groups excluding carboxylic acids is 4. The number of Topliss-reactive ketones (excluding diaryl/α,β-unsaturated/α-hetero) is 2. The Balaban J connectivity index is 1.78. The monoisotopic (exact) mass is 297 g/mol. The molecule has 0 unspecified atom stereocenters. The molecular weight excluding hydrogens is 282 g/mol. The Labute approximate surface area is 127 Å². The zero-order valence-corrected chi connectivity index (χ0v) is 12.1. The second kappa shape index (κ2) is 4.35. The summed E-state index contributed by atoms with van der Waals surface area (Å²) in [6.45, 7) is 1.93. The van der Waals surface area contributed by atoms with Gasteiger partial charge in [-0.1, -0.05) is 17.7 Å². The third-order valence-corrected chi connectivity index (χ3v) is 5.23. The number of ketones is 2. The lowest BCUT2D eigenvalue weighted by atomic mass is 9.58. The molecule has 4 atom stereocenters. The van der Waals surface area contributed by atoms with E-state index in [4.69, 9.17) is 0 Å². The Hall–Kier alpha value is -2.30. The van der Waals surface area contributed by atoms with Gasteiger partial charge in [0.2, 0.25) is 11.8 Å². The number of amides is 2. The number of rotatable bonds is 1. The second-order valence-corrected chi connectivity index (χ2v) is 6.45. The van der Waals surface area contributed by atoms with Crippen molar-refractivity contribution >= 4 is 29.1 Å². The number of fused-ring (bicyclic) bond motifs is 2. The van der Waals surface area contributed by atoms with E-state index in [0.717, 1.165) is 5.56 Å². The van der Waals surface area contributed by atoms with Crippen molar-refractivity contribution in [2.75, 3.05) is 4.90 Å². The number of aryl methyl sites for hydroxylation is 1. The zero-order chi connectivity index (χ0) is 15.6. The number of benzene rings is 1. The Morgan fingerprint density at radius 2 is 1.27 bits per heavy atom. The molecule has 4 fully saturated rings. The van der Waals surface area contributed by atoms with Crippen LogP contribution in [0.4, 0.5) is 5.69 Å². The minimum Gasteiger partial charge on any atom is -0.299 e. The molecule has 0 N–H and O–H groups in total. The van der Waals surface area contributed by atoms with Crippen molar-refractivity contribution in [3.05, 3.63) is 29.8 Å². The van der Waals surface area contributed by atoms with Gasteiger partial charge in [0, 0.05) is 24.7 Å². The summed E-state index contributed by atoms with van der Waals surface area (Å²) in [6, 6.07) is 7.13. The van der Waals surface area contributed by atoms with Crippen molar-refractivity contribution < 1.29 is 19.2 Å². The molecule has 2 amide bonds. The summed E-state index contributed by atoms with van der Waals surface area (Å²) < 4.78 is 0. The second-order valence-electron chi connectivity index (χ2n) is 6.45. The lowest BCUT2D eigenvalue weighted by Crippen LogP contribution is -2.51. The molecule has 1 saturated heterocycles. The van der Waals surface area contributed by atoms with Crippen LogP contribution in [-0.2, 0) is 19.2 Å². The van der Waals surface area contributed by atoms with Gasteiger partial charge >= 0.3 is 0 Å². The fourth-order valence-corrected chi connectivity index (χ4v) is 4.13. The molecule has 1 aromatic carbocycles. The summed E-state index contributed by atoms with van der Waals surface area (Å²) >= 11 is 0. The maximum atomic E-state index is 12.7. The van der Waals surface area contributed by atoms with Crippen molar-refractivity contribution in [2.24, 2.45) is 23.7 Å². The van der Waals surface area contributed by atoms with E-state index < -0.39 is 23.7 Å². The third-order valence-electron chi connectivity index (χ3n) is 5.23. The van der Waals surface area contributed by atoms with Gasteiger partial charge in [-0.15, -0.1) is 0 Å². The van der Waals surface area contributed by atoms with Gasteiger partial charge in [-0.3, -0.25) is 24.1 Å². The molecule has 2 bridgehead atoms. The molecule has 22 heavy (non-hydrogen) atoms. The SMILES string of the molecule is Cc1ccc(N2C(=O)[C@@H]3[C@H](C2=O)[C@@H]2CC(=O)[C@@H]3CC2=O)cc1. The van der Waals surface area contributed by atoms with Crippen LogP contribution in [0.3, 0.4) is 0 Å². The number of anilines is 1.